The average Bonchev–Trinajstić information content (AvgIpc) is 2.27. The van der Waals surface area contributed by atoms with Crippen LogP contribution in [0.1, 0.15) is 19.4 Å². The summed E-state index contributed by atoms with van der Waals surface area (Å²) in [4.78, 5) is 4.25. The Morgan fingerprint density at radius 2 is 2.25 bits per heavy atom. The summed E-state index contributed by atoms with van der Waals surface area (Å²) in [6.07, 6.45) is 2.46. The molecule has 0 aromatic heterocycles. The van der Waals surface area contributed by atoms with Gasteiger partial charge in [-0.15, -0.1) is 0 Å². The number of hydrazine groups is 1. The van der Waals surface area contributed by atoms with E-state index in [1.54, 1.807) is 7.11 Å². The Labute approximate surface area is 96.5 Å². The highest BCUT2D eigenvalue weighted by Crippen LogP contribution is 2.26. The van der Waals surface area contributed by atoms with E-state index in [2.05, 4.69) is 24.3 Å². The van der Waals surface area contributed by atoms with Crippen LogP contribution in [0, 0.1) is 5.92 Å². The first kappa shape index (κ1) is 12.5. The summed E-state index contributed by atoms with van der Waals surface area (Å²) in [6.45, 7) is 4.36. The van der Waals surface area contributed by atoms with Crippen LogP contribution in [0.2, 0.25) is 0 Å². The van der Waals surface area contributed by atoms with Gasteiger partial charge in [-0.2, -0.15) is 0 Å². The first-order valence-corrected chi connectivity index (χ1v) is 5.33. The molecule has 0 unspecified atom stereocenters. The van der Waals surface area contributed by atoms with Crippen molar-refractivity contribution in [2.24, 2.45) is 16.8 Å². The summed E-state index contributed by atoms with van der Waals surface area (Å²) in [6, 6.07) is 5.90. The van der Waals surface area contributed by atoms with Crippen LogP contribution in [-0.2, 0) is 6.42 Å². The fraction of sp³-hybridized carbons (Fsp3) is 0.417. The zero-order valence-corrected chi connectivity index (χ0v) is 10.0. The number of ether oxygens (including phenoxy) is 1. The van der Waals surface area contributed by atoms with Gasteiger partial charge in [0, 0.05) is 6.07 Å². The summed E-state index contributed by atoms with van der Waals surface area (Å²) < 4.78 is 5.17. The molecule has 3 N–H and O–H groups in total. The number of aliphatic imine (C=N–C) groups is 1. The highest BCUT2D eigenvalue weighted by molar-refractivity contribution is 5.63. The maximum absolute atomic E-state index is 5.17. The maximum atomic E-state index is 5.17. The number of nitrogens with zero attached hydrogens (tertiary/aromatic N) is 1. The van der Waals surface area contributed by atoms with Crippen molar-refractivity contribution >= 4 is 12.0 Å². The van der Waals surface area contributed by atoms with Crippen molar-refractivity contribution in [3.05, 3.63) is 23.8 Å². The Morgan fingerprint density at radius 3 is 2.81 bits per heavy atom. The van der Waals surface area contributed by atoms with Gasteiger partial charge in [0.25, 0.3) is 0 Å². The molecule has 4 heteroatoms. The van der Waals surface area contributed by atoms with Crippen LogP contribution in [0.15, 0.2) is 23.2 Å². The van der Waals surface area contributed by atoms with Crippen molar-refractivity contribution in [1.29, 1.82) is 0 Å². The molecule has 0 amide bonds. The molecule has 0 saturated heterocycles. The standard InChI is InChI=1S/C12H19N3O/c1-9(2)6-10-4-5-11(16-3)7-12(10)14-8-15-13/h4-5,7-9H,6,13H2,1-3H3,(H,14,15). The molecule has 0 saturated carbocycles. The van der Waals surface area contributed by atoms with Crippen molar-refractivity contribution in [3.8, 4) is 5.75 Å². The Balaban J connectivity index is 3.00. The molecule has 16 heavy (non-hydrogen) atoms. The molecule has 0 aliphatic heterocycles. The Hall–Kier alpha value is -1.55. The van der Waals surface area contributed by atoms with E-state index in [9.17, 15) is 0 Å². The molecule has 0 radical (unpaired) electrons. The molecule has 0 spiro atoms. The van der Waals surface area contributed by atoms with Gasteiger partial charge in [-0.25, -0.2) is 10.8 Å². The van der Waals surface area contributed by atoms with E-state index in [0.29, 0.717) is 5.92 Å². The van der Waals surface area contributed by atoms with E-state index >= 15 is 0 Å². The summed E-state index contributed by atoms with van der Waals surface area (Å²) in [5.74, 6) is 6.56. The van der Waals surface area contributed by atoms with Crippen molar-refractivity contribution in [2.45, 2.75) is 20.3 Å². The van der Waals surface area contributed by atoms with E-state index in [1.807, 2.05) is 18.2 Å². The largest absolute Gasteiger partial charge is 0.497 e. The first-order valence-electron chi connectivity index (χ1n) is 5.33. The van der Waals surface area contributed by atoms with Gasteiger partial charge in [-0.05, 0) is 24.0 Å². The highest BCUT2D eigenvalue weighted by Gasteiger charge is 2.05. The molecular weight excluding hydrogens is 202 g/mol. The number of nitrogens with one attached hydrogen (secondary N) is 1. The second kappa shape index (κ2) is 6.12. The third-order valence-corrected chi connectivity index (χ3v) is 2.20. The van der Waals surface area contributed by atoms with Gasteiger partial charge in [0.2, 0.25) is 0 Å². The van der Waals surface area contributed by atoms with Crippen LogP contribution >= 0.6 is 0 Å². The normalized spacial score (nSPS) is 11.1. The zero-order valence-electron chi connectivity index (χ0n) is 10.0. The fourth-order valence-corrected chi connectivity index (χ4v) is 1.51. The summed E-state index contributed by atoms with van der Waals surface area (Å²) in [7, 11) is 1.64. The summed E-state index contributed by atoms with van der Waals surface area (Å²) in [5, 5.41) is 0. The first-order chi connectivity index (χ1) is 7.67. The number of methoxy groups -OCH3 is 1. The fourth-order valence-electron chi connectivity index (χ4n) is 1.51. The van der Waals surface area contributed by atoms with Crippen LogP contribution in [0.3, 0.4) is 0 Å². The van der Waals surface area contributed by atoms with Gasteiger partial charge in [0.15, 0.2) is 0 Å². The second-order valence-electron chi connectivity index (χ2n) is 4.02. The molecule has 0 fully saturated rings. The third kappa shape index (κ3) is 3.55. The molecule has 88 valence electrons. The van der Waals surface area contributed by atoms with E-state index in [4.69, 9.17) is 10.6 Å². The lowest BCUT2D eigenvalue weighted by Gasteiger charge is -2.10. The van der Waals surface area contributed by atoms with Gasteiger partial charge in [0.05, 0.1) is 12.8 Å². The van der Waals surface area contributed by atoms with Crippen LogP contribution < -0.4 is 16.0 Å². The van der Waals surface area contributed by atoms with Gasteiger partial charge >= 0.3 is 0 Å². The van der Waals surface area contributed by atoms with Crippen LogP contribution in [0.4, 0.5) is 5.69 Å². The lowest BCUT2D eigenvalue weighted by molar-refractivity contribution is 0.414. The Bertz CT molecular complexity index is 361. The number of rotatable bonds is 5. The Kier molecular flexibility index (Phi) is 4.79. The smallest absolute Gasteiger partial charge is 0.121 e. The third-order valence-electron chi connectivity index (χ3n) is 2.20. The molecule has 4 nitrogen and oxygen atoms in total. The molecule has 0 heterocycles. The minimum atomic E-state index is 0.591. The number of hydrogen-bond acceptors (Lipinski definition) is 3. The predicted molar refractivity (Wildman–Crippen MR) is 67.0 cm³/mol. The van der Waals surface area contributed by atoms with E-state index in [1.165, 1.54) is 11.9 Å². The number of hydrogen-bond donors (Lipinski definition) is 2. The van der Waals surface area contributed by atoms with Crippen molar-refractivity contribution in [1.82, 2.24) is 5.43 Å². The number of nitrogens with two attached hydrogens (primary N) is 1. The molecule has 1 aromatic rings. The van der Waals surface area contributed by atoms with Gasteiger partial charge in [-0.1, -0.05) is 19.9 Å². The second-order valence-corrected chi connectivity index (χ2v) is 4.02. The van der Waals surface area contributed by atoms with Crippen LogP contribution in [0.5, 0.6) is 5.75 Å². The SMILES string of the molecule is COc1ccc(CC(C)C)c(N=CNN)c1. The maximum Gasteiger partial charge on any atom is 0.121 e. The predicted octanol–water partition coefficient (Wildman–Crippen LogP) is 2.02. The molecule has 0 aliphatic carbocycles. The lowest BCUT2D eigenvalue weighted by atomic mass is 10.0. The van der Waals surface area contributed by atoms with E-state index in [-0.39, 0.29) is 0 Å². The monoisotopic (exact) mass is 221 g/mol. The number of benzene rings is 1. The van der Waals surface area contributed by atoms with Crippen LogP contribution in [0.25, 0.3) is 0 Å². The molecule has 0 bridgehead atoms. The topological polar surface area (TPSA) is 59.6 Å². The van der Waals surface area contributed by atoms with E-state index in [0.717, 1.165) is 17.9 Å². The minimum Gasteiger partial charge on any atom is -0.497 e. The van der Waals surface area contributed by atoms with Crippen molar-refractivity contribution in [2.75, 3.05) is 7.11 Å². The highest BCUT2D eigenvalue weighted by atomic mass is 16.5. The molecule has 0 aliphatic rings. The zero-order chi connectivity index (χ0) is 12.0. The molecule has 0 atom stereocenters. The van der Waals surface area contributed by atoms with Crippen molar-refractivity contribution in [3.63, 3.8) is 0 Å². The molecular formula is C12H19N3O. The van der Waals surface area contributed by atoms with Gasteiger partial charge in [0.1, 0.15) is 12.1 Å². The summed E-state index contributed by atoms with van der Waals surface area (Å²) >= 11 is 0. The molecule has 1 aromatic carbocycles. The minimum absolute atomic E-state index is 0.591. The Morgan fingerprint density at radius 1 is 1.50 bits per heavy atom. The lowest BCUT2D eigenvalue weighted by Crippen LogP contribution is -2.18. The van der Waals surface area contributed by atoms with Crippen LogP contribution in [-0.4, -0.2) is 13.4 Å². The van der Waals surface area contributed by atoms with Gasteiger partial charge < -0.3 is 10.2 Å². The average molecular weight is 221 g/mol. The van der Waals surface area contributed by atoms with E-state index < -0.39 is 0 Å². The quantitative estimate of drug-likeness (QED) is 0.346. The van der Waals surface area contributed by atoms with Gasteiger partial charge in [-0.3, -0.25) is 0 Å². The summed E-state index contributed by atoms with van der Waals surface area (Å²) in [5.41, 5.74) is 4.49. The van der Waals surface area contributed by atoms with Crippen molar-refractivity contribution < 1.29 is 4.74 Å². The molecule has 1 rings (SSSR count).